The molecule has 298 valence electrons. The molecule has 4 bridgehead atoms. The van der Waals surface area contributed by atoms with Crippen LogP contribution in [0.5, 0.6) is 5.88 Å². The third-order valence-corrected chi connectivity index (χ3v) is 14.0. The fraction of sp³-hybridized carbons (Fsp3) is 0.634. The summed E-state index contributed by atoms with van der Waals surface area (Å²) in [7, 11) is -3.88. The predicted molar refractivity (Wildman–Crippen MR) is 206 cm³/mol. The molecule has 4 fully saturated rings. The Kier molecular flexibility index (Phi) is 12.0. The van der Waals surface area contributed by atoms with E-state index in [0.717, 1.165) is 94.2 Å². The van der Waals surface area contributed by atoms with Crippen molar-refractivity contribution in [2.75, 3.05) is 13.2 Å². The molecule has 1 aromatic carbocycles. The third kappa shape index (κ3) is 9.10. The van der Waals surface area contributed by atoms with Gasteiger partial charge in [-0.25, -0.2) is 18.2 Å². The molecule has 5 aliphatic rings. The van der Waals surface area contributed by atoms with Crippen molar-refractivity contribution in [1.29, 1.82) is 0 Å². The number of alkyl carbamates (subject to hydrolysis) is 1. The molecular weight excluding hydrogens is 723 g/mol. The number of aryl methyl sites for hydroxylation is 1. The molecule has 2 aromatic rings. The van der Waals surface area contributed by atoms with Crippen LogP contribution in [0.3, 0.4) is 0 Å². The Balaban J connectivity index is 1.19. The summed E-state index contributed by atoms with van der Waals surface area (Å²) in [6.07, 6.45) is 15.6. The van der Waals surface area contributed by atoms with Gasteiger partial charge >= 0.3 is 6.09 Å². The summed E-state index contributed by atoms with van der Waals surface area (Å²) in [6.45, 7) is 4.10. The molecule has 55 heavy (non-hydrogen) atoms. The van der Waals surface area contributed by atoms with E-state index in [0.29, 0.717) is 18.7 Å². The van der Waals surface area contributed by atoms with Gasteiger partial charge in [0, 0.05) is 23.9 Å². The number of nitrogens with zero attached hydrogens (tertiary/aromatic N) is 2. The van der Waals surface area contributed by atoms with E-state index in [1.54, 1.807) is 6.20 Å². The van der Waals surface area contributed by atoms with Gasteiger partial charge in [0.1, 0.15) is 23.7 Å². The van der Waals surface area contributed by atoms with Crippen molar-refractivity contribution in [1.82, 2.24) is 25.2 Å². The third-order valence-electron chi connectivity index (χ3n) is 12.2. The van der Waals surface area contributed by atoms with Crippen LogP contribution in [0.15, 0.2) is 43.1 Å². The van der Waals surface area contributed by atoms with Crippen molar-refractivity contribution in [3.05, 3.63) is 48.7 Å². The fourth-order valence-corrected chi connectivity index (χ4v) is 10.0. The van der Waals surface area contributed by atoms with E-state index in [-0.39, 0.29) is 31.9 Å². The first kappa shape index (κ1) is 39.1. The maximum Gasteiger partial charge on any atom is 0.407 e. The van der Waals surface area contributed by atoms with Gasteiger partial charge in [-0.2, -0.15) is 0 Å². The maximum absolute atomic E-state index is 14.8. The van der Waals surface area contributed by atoms with Gasteiger partial charge in [-0.15, -0.1) is 6.58 Å². The Bertz CT molecular complexity index is 1880. The largest absolute Gasteiger partial charge is 0.472 e. The molecule has 4 amide bonds. The summed E-state index contributed by atoms with van der Waals surface area (Å²) in [4.78, 5) is 62.1. The number of carbonyl (C=O) groups is 4. The van der Waals surface area contributed by atoms with Gasteiger partial charge in [0.05, 0.1) is 18.4 Å². The SMILES string of the molecule is C=C[C@@H]1CC1(NC(=O)[C@@H]1C[C@@H]2CN1C(=O)[C@H](C1CCCCC1)NC(=O)OCCCCCCCCCc1ccc3ccnc(c3c1)O2)C(=O)NS(=O)(=O)C1CC1. The quantitative estimate of drug-likeness (QED) is 0.319. The molecule has 5 atom stereocenters. The minimum Gasteiger partial charge on any atom is -0.472 e. The molecule has 3 N–H and O–H groups in total. The number of amides is 4. The van der Waals surface area contributed by atoms with Crippen LogP contribution >= 0.6 is 0 Å². The lowest BCUT2D eigenvalue weighted by molar-refractivity contribution is -0.142. The van der Waals surface area contributed by atoms with Crippen molar-refractivity contribution >= 4 is 44.6 Å². The van der Waals surface area contributed by atoms with Gasteiger partial charge in [0.2, 0.25) is 27.7 Å². The average molecular weight is 778 g/mol. The maximum atomic E-state index is 14.8. The first-order valence-electron chi connectivity index (χ1n) is 20.4. The van der Waals surface area contributed by atoms with Gasteiger partial charge < -0.3 is 25.0 Å². The van der Waals surface area contributed by atoms with Crippen molar-refractivity contribution in [2.45, 2.75) is 138 Å². The molecule has 1 saturated heterocycles. The van der Waals surface area contributed by atoms with Crippen LogP contribution in [0.4, 0.5) is 4.79 Å². The van der Waals surface area contributed by atoms with Gasteiger partial charge in [-0.3, -0.25) is 19.1 Å². The van der Waals surface area contributed by atoms with Crippen LogP contribution in [0, 0.1) is 11.8 Å². The minimum absolute atomic E-state index is 0.0365. The summed E-state index contributed by atoms with van der Waals surface area (Å²) in [5.74, 6) is -2.08. The van der Waals surface area contributed by atoms with Crippen molar-refractivity contribution < 1.29 is 37.1 Å². The number of benzene rings is 1. The Hall–Kier alpha value is -4.20. The number of hydrogen-bond acceptors (Lipinski definition) is 9. The second kappa shape index (κ2) is 16.9. The van der Waals surface area contributed by atoms with E-state index in [9.17, 15) is 27.6 Å². The van der Waals surface area contributed by atoms with Crippen LogP contribution in [-0.4, -0.2) is 84.2 Å². The van der Waals surface area contributed by atoms with Crippen LogP contribution < -0.4 is 20.1 Å². The van der Waals surface area contributed by atoms with Crippen LogP contribution in [0.25, 0.3) is 10.8 Å². The number of nitrogens with one attached hydrogen (secondary N) is 3. The highest BCUT2D eigenvalue weighted by Gasteiger charge is 2.62. The van der Waals surface area contributed by atoms with E-state index < -0.39 is 68.7 Å². The minimum atomic E-state index is -3.88. The summed E-state index contributed by atoms with van der Waals surface area (Å²) in [6, 6.07) is 6.23. The van der Waals surface area contributed by atoms with Crippen molar-refractivity contribution in [3.63, 3.8) is 0 Å². The van der Waals surface area contributed by atoms with E-state index in [1.165, 1.54) is 16.5 Å². The molecule has 14 heteroatoms. The molecule has 13 nitrogen and oxygen atoms in total. The summed E-state index contributed by atoms with van der Waals surface area (Å²) in [5, 5.41) is 6.93. The number of sulfonamides is 1. The number of fused-ring (bicyclic) bond motifs is 3. The van der Waals surface area contributed by atoms with Crippen LogP contribution in [-0.2, 0) is 35.6 Å². The Morgan fingerprint density at radius 3 is 2.42 bits per heavy atom. The fourth-order valence-electron chi connectivity index (χ4n) is 8.67. The lowest BCUT2D eigenvalue weighted by atomic mass is 9.83. The highest BCUT2D eigenvalue weighted by atomic mass is 32.2. The number of carbonyl (C=O) groups excluding carboxylic acids is 4. The smallest absolute Gasteiger partial charge is 0.407 e. The highest BCUT2D eigenvalue weighted by molar-refractivity contribution is 7.91. The number of hydrogen-bond donors (Lipinski definition) is 3. The normalized spacial score (nSPS) is 28.8. The monoisotopic (exact) mass is 777 g/mol. The van der Waals surface area contributed by atoms with E-state index in [2.05, 4.69) is 45.1 Å². The van der Waals surface area contributed by atoms with Crippen LogP contribution in [0.1, 0.15) is 108 Å². The standard InChI is InChI=1S/C41H55N5O8S/c1-2-30-25-41(30,39(49)45-55(51,52)32-18-19-32)44-36(47)34-24-31-26-46(34)38(48)35(29-14-10-8-11-15-29)43-40(50)53-22-12-7-5-3-4-6-9-13-27-16-17-28-20-21-42-37(54-31)33(28)23-27/h2,16-17,20-21,23,29-32,34-35H,1,3-15,18-19,22,24-26H2,(H,43,50)(H,44,47)(H,45,49)/t30-,31-,34+,35+,41?/m1/s1. The summed E-state index contributed by atoms with van der Waals surface area (Å²) >= 11 is 0. The second-order valence-electron chi connectivity index (χ2n) is 16.2. The molecule has 1 unspecified atom stereocenters. The van der Waals surface area contributed by atoms with Crippen molar-refractivity contribution in [2.24, 2.45) is 11.8 Å². The van der Waals surface area contributed by atoms with Gasteiger partial charge in [-0.1, -0.05) is 69.6 Å². The van der Waals surface area contributed by atoms with Gasteiger partial charge in [0.15, 0.2) is 0 Å². The van der Waals surface area contributed by atoms with Gasteiger partial charge in [-0.05, 0) is 80.4 Å². The zero-order chi connectivity index (χ0) is 38.6. The molecule has 1 aromatic heterocycles. The average Bonchev–Trinajstić information content (AvgIpc) is 4.11. The lowest BCUT2D eigenvalue weighted by Gasteiger charge is -2.34. The first-order valence-corrected chi connectivity index (χ1v) is 21.9. The molecule has 0 spiro atoms. The lowest BCUT2D eigenvalue weighted by Crippen LogP contribution is -2.59. The molecule has 3 heterocycles. The zero-order valence-electron chi connectivity index (χ0n) is 31.6. The van der Waals surface area contributed by atoms with E-state index in [1.807, 2.05) is 6.07 Å². The summed E-state index contributed by atoms with van der Waals surface area (Å²) in [5.41, 5.74) is -0.335. The van der Waals surface area contributed by atoms with Crippen molar-refractivity contribution in [3.8, 4) is 5.88 Å². The topological polar surface area (TPSA) is 173 Å². The number of cyclic esters (lactones) is 1. The number of ether oxygens (including phenoxy) is 2. The molecule has 3 aliphatic carbocycles. The Labute approximate surface area is 323 Å². The van der Waals surface area contributed by atoms with Crippen LogP contribution in [0.2, 0.25) is 0 Å². The van der Waals surface area contributed by atoms with E-state index in [4.69, 9.17) is 9.47 Å². The molecule has 0 radical (unpaired) electrons. The Morgan fingerprint density at radius 2 is 1.69 bits per heavy atom. The summed E-state index contributed by atoms with van der Waals surface area (Å²) < 4.78 is 39.9. The first-order chi connectivity index (χ1) is 26.6. The molecule has 2 aliphatic heterocycles. The van der Waals surface area contributed by atoms with E-state index >= 15 is 0 Å². The Morgan fingerprint density at radius 1 is 0.964 bits per heavy atom. The van der Waals surface area contributed by atoms with Gasteiger partial charge in [0.25, 0.3) is 5.91 Å². The molecule has 3 saturated carbocycles. The number of pyridine rings is 1. The number of rotatable bonds is 7. The molecule has 7 rings (SSSR count). The number of aromatic nitrogens is 1. The second-order valence-corrected chi connectivity index (χ2v) is 18.2. The predicted octanol–water partition coefficient (Wildman–Crippen LogP) is 5.21. The zero-order valence-corrected chi connectivity index (χ0v) is 32.5. The highest BCUT2D eigenvalue weighted by Crippen LogP contribution is 2.45. The molecular formula is C41H55N5O8S.